The van der Waals surface area contributed by atoms with Crippen LogP contribution in [-0.4, -0.2) is 10.9 Å². The molecule has 0 aliphatic heterocycles. The number of furan rings is 1. The molecule has 2 aromatic heterocycles. The van der Waals surface area contributed by atoms with E-state index in [1.165, 1.54) is 22.5 Å². The van der Waals surface area contributed by atoms with Crippen molar-refractivity contribution in [3.63, 3.8) is 0 Å². The Labute approximate surface area is 162 Å². The number of para-hydroxylation sites is 1. The van der Waals surface area contributed by atoms with Gasteiger partial charge in [0.1, 0.15) is 5.58 Å². The predicted octanol–water partition coefficient (Wildman–Crippen LogP) is 5.72. The van der Waals surface area contributed by atoms with Gasteiger partial charge < -0.3 is 4.42 Å². The number of thiazole rings is 1. The van der Waals surface area contributed by atoms with E-state index in [2.05, 4.69) is 24.9 Å². The Bertz CT molecular complexity index is 1110. The van der Waals surface area contributed by atoms with Crippen molar-refractivity contribution in [2.45, 2.75) is 27.2 Å². The van der Waals surface area contributed by atoms with E-state index in [1.54, 1.807) is 11.2 Å². The SMILES string of the molecule is Cc1csc(N(C(=O)Cc2coc3cc(C)c(C)cc23)c2ccccc2)n1. The van der Waals surface area contributed by atoms with Gasteiger partial charge in [-0.2, -0.15) is 0 Å². The summed E-state index contributed by atoms with van der Waals surface area (Å²) < 4.78 is 5.70. The van der Waals surface area contributed by atoms with Crippen LogP contribution in [0.15, 0.2) is 58.5 Å². The van der Waals surface area contributed by atoms with Crippen molar-refractivity contribution in [3.05, 3.63) is 76.5 Å². The fraction of sp³-hybridized carbons (Fsp3) is 0.182. The fourth-order valence-corrected chi connectivity index (χ4v) is 3.94. The van der Waals surface area contributed by atoms with Crippen LogP contribution in [0.1, 0.15) is 22.4 Å². The first kappa shape index (κ1) is 17.5. The molecule has 0 spiro atoms. The number of amides is 1. The van der Waals surface area contributed by atoms with E-state index in [4.69, 9.17) is 4.42 Å². The van der Waals surface area contributed by atoms with Crippen LogP contribution in [0, 0.1) is 20.8 Å². The highest BCUT2D eigenvalue weighted by atomic mass is 32.1. The van der Waals surface area contributed by atoms with Gasteiger partial charge in [-0.15, -0.1) is 11.3 Å². The zero-order valence-electron chi connectivity index (χ0n) is 15.5. The number of aryl methyl sites for hydroxylation is 3. The van der Waals surface area contributed by atoms with E-state index in [0.29, 0.717) is 5.13 Å². The number of benzene rings is 2. The van der Waals surface area contributed by atoms with Gasteiger partial charge in [-0.1, -0.05) is 18.2 Å². The summed E-state index contributed by atoms with van der Waals surface area (Å²) in [6, 6.07) is 13.8. The molecule has 0 N–H and O–H groups in total. The molecule has 0 saturated carbocycles. The van der Waals surface area contributed by atoms with Crippen molar-refractivity contribution in [1.29, 1.82) is 0 Å². The second-order valence-corrected chi connectivity index (χ2v) is 7.54. The smallest absolute Gasteiger partial charge is 0.237 e. The van der Waals surface area contributed by atoms with Gasteiger partial charge in [0, 0.05) is 16.3 Å². The lowest BCUT2D eigenvalue weighted by Gasteiger charge is -2.20. The van der Waals surface area contributed by atoms with Gasteiger partial charge in [0.25, 0.3) is 0 Å². The maximum Gasteiger partial charge on any atom is 0.237 e. The van der Waals surface area contributed by atoms with Crippen LogP contribution in [0.4, 0.5) is 10.8 Å². The largest absolute Gasteiger partial charge is 0.464 e. The molecule has 0 atom stereocenters. The number of carbonyl (C=O) groups excluding carboxylic acids is 1. The number of anilines is 2. The minimum atomic E-state index is -0.0310. The van der Waals surface area contributed by atoms with E-state index in [1.807, 2.05) is 48.7 Å². The number of nitrogens with zero attached hydrogens (tertiary/aromatic N) is 2. The highest BCUT2D eigenvalue weighted by molar-refractivity contribution is 7.14. The number of carbonyl (C=O) groups is 1. The maximum atomic E-state index is 13.3. The monoisotopic (exact) mass is 376 g/mol. The molecule has 4 aromatic rings. The predicted molar refractivity (Wildman–Crippen MR) is 110 cm³/mol. The molecular formula is C22H20N2O2S. The zero-order valence-corrected chi connectivity index (χ0v) is 16.3. The van der Waals surface area contributed by atoms with E-state index < -0.39 is 0 Å². The Kier molecular flexibility index (Phi) is 4.54. The molecule has 5 heteroatoms. The third-order valence-electron chi connectivity index (χ3n) is 4.67. The lowest BCUT2D eigenvalue weighted by atomic mass is 10.0. The van der Waals surface area contributed by atoms with Crippen LogP contribution in [0.2, 0.25) is 0 Å². The van der Waals surface area contributed by atoms with Crippen LogP contribution in [-0.2, 0) is 11.2 Å². The number of hydrogen-bond acceptors (Lipinski definition) is 4. The average molecular weight is 376 g/mol. The first-order chi connectivity index (χ1) is 13.0. The van der Waals surface area contributed by atoms with Gasteiger partial charge in [-0.3, -0.25) is 9.69 Å². The second-order valence-electron chi connectivity index (χ2n) is 6.71. The minimum absolute atomic E-state index is 0.0310. The van der Waals surface area contributed by atoms with E-state index in [0.717, 1.165) is 27.9 Å². The van der Waals surface area contributed by atoms with Crippen LogP contribution in [0.5, 0.6) is 0 Å². The van der Waals surface area contributed by atoms with E-state index in [9.17, 15) is 4.79 Å². The Morgan fingerprint density at radius 1 is 1.11 bits per heavy atom. The van der Waals surface area contributed by atoms with Crippen LogP contribution < -0.4 is 4.90 Å². The Balaban J connectivity index is 1.72. The summed E-state index contributed by atoms with van der Waals surface area (Å²) in [7, 11) is 0. The summed E-state index contributed by atoms with van der Waals surface area (Å²) in [6.45, 7) is 6.06. The Morgan fingerprint density at radius 2 is 1.85 bits per heavy atom. The normalized spacial score (nSPS) is 11.1. The molecule has 2 aromatic carbocycles. The van der Waals surface area contributed by atoms with Crippen molar-refractivity contribution in [3.8, 4) is 0 Å². The first-order valence-corrected chi connectivity index (χ1v) is 9.68. The summed E-state index contributed by atoms with van der Waals surface area (Å²) in [5.74, 6) is -0.0310. The maximum absolute atomic E-state index is 13.3. The summed E-state index contributed by atoms with van der Waals surface area (Å²) >= 11 is 1.47. The van der Waals surface area contributed by atoms with E-state index in [-0.39, 0.29) is 12.3 Å². The number of fused-ring (bicyclic) bond motifs is 1. The fourth-order valence-electron chi connectivity index (χ4n) is 3.10. The van der Waals surface area contributed by atoms with Gasteiger partial charge >= 0.3 is 0 Å². The summed E-state index contributed by atoms with van der Waals surface area (Å²) in [4.78, 5) is 19.5. The van der Waals surface area contributed by atoms with Crippen molar-refractivity contribution >= 4 is 39.0 Å². The van der Waals surface area contributed by atoms with Crippen molar-refractivity contribution in [2.24, 2.45) is 0 Å². The molecule has 4 nitrogen and oxygen atoms in total. The second kappa shape index (κ2) is 7.00. The summed E-state index contributed by atoms with van der Waals surface area (Å²) in [5, 5.41) is 3.64. The minimum Gasteiger partial charge on any atom is -0.464 e. The molecule has 4 rings (SSSR count). The third kappa shape index (κ3) is 3.38. The molecule has 0 fully saturated rings. The zero-order chi connectivity index (χ0) is 19.0. The summed E-state index contributed by atoms with van der Waals surface area (Å²) in [6.07, 6.45) is 1.95. The van der Waals surface area contributed by atoms with Crippen LogP contribution in [0.3, 0.4) is 0 Å². The molecule has 2 heterocycles. The van der Waals surface area contributed by atoms with Gasteiger partial charge in [0.05, 0.1) is 24.1 Å². The quantitative estimate of drug-likeness (QED) is 0.457. The number of hydrogen-bond donors (Lipinski definition) is 0. The molecule has 0 bridgehead atoms. The topological polar surface area (TPSA) is 46.3 Å². The molecule has 0 saturated heterocycles. The third-order valence-corrected chi connectivity index (χ3v) is 5.62. The molecule has 0 aliphatic carbocycles. The highest BCUT2D eigenvalue weighted by Gasteiger charge is 2.22. The molecule has 0 radical (unpaired) electrons. The van der Waals surface area contributed by atoms with Gasteiger partial charge in [0.2, 0.25) is 5.91 Å². The molecular weight excluding hydrogens is 356 g/mol. The number of aromatic nitrogens is 1. The molecule has 1 amide bonds. The lowest BCUT2D eigenvalue weighted by molar-refractivity contribution is -0.117. The lowest BCUT2D eigenvalue weighted by Crippen LogP contribution is -2.27. The Hall–Kier alpha value is -2.92. The van der Waals surface area contributed by atoms with E-state index >= 15 is 0 Å². The molecule has 136 valence electrons. The summed E-state index contributed by atoms with van der Waals surface area (Å²) in [5.41, 5.74) is 5.80. The van der Waals surface area contributed by atoms with Crippen LogP contribution in [0.25, 0.3) is 11.0 Å². The number of rotatable bonds is 4. The van der Waals surface area contributed by atoms with Crippen molar-refractivity contribution in [2.75, 3.05) is 4.90 Å². The van der Waals surface area contributed by atoms with Gasteiger partial charge in [0.15, 0.2) is 5.13 Å². The van der Waals surface area contributed by atoms with Gasteiger partial charge in [-0.05, 0) is 56.2 Å². The van der Waals surface area contributed by atoms with Crippen molar-refractivity contribution in [1.82, 2.24) is 4.98 Å². The molecule has 0 unspecified atom stereocenters. The van der Waals surface area contributed by atoms with Crippen molar-refractivity contribution < 1.29 is 9.21 Å². The molecule has 27 heavy (non-hydrogen) atoms. The van der Waals surface area contributed by atoms with Crippen LogP contribution >= 0.6 is 11.3 Å². The highest BCUT2D eigenvalue weighted by Crippen LogP contribution is 2.31. The average Bonchev–Trinajstić information content (AvgIpc) is 3.24. The Morgan fingerprint density at radius 3 is 2.56 bits per heavy atom. The standard InChI is InChI=1S/C22H20N2O2S/c1-14-9-19-17(12-26-20(19)10-15(14)2)11-21(25)24(18-7-5-4-6-8-18)22-23-16(3)13-27-22/h4-10,12-13H,11H2,1-3H3. The molecule has 0 aliphatic rings. The van der Waals surface area contributed by atoms with Gasteiger partial charge in [-0.25, -0.2) is 4.98 Å². The first-order valence-electron chi connectivity index (χ1n) is 8.80.